The van der Waals surface area contributed by atoms with E-state index in [0.717, 1.165) is 0 Å². The number of nitrogens with zero attached hydrogens (tertiary/aromatic N) is 1. The van der Waals surface area contributed by atoms with Crippen molar-refractivity contribution in [3.05, 3.63) is 77.8 Å². The molecule has 1 heterocycles. The SMILES string of the molecule is CC(C)Oc1ccc(NC(=O)C2CN(S(=O)(=O)c3ccc(Cl)cc3)c3ccccc3O2)cc1. The van der Waals surface area contributed by atoms with E-state index in [0.29, 0.717) is 27.9 Å². The zero-order valence-electron chi connectivity index (χ0n) is 18.1. The van der Waals surface area contributed by atoms with Crippen molar-refractivity contribution in [3.8, 4) is 11.5 Å². The Morgan fingerprint density at radius 3 is 2.39 bits per heavy atom. The van der Waals surface area contributed by atoms with Crippen molar-refractivity contribution >= 4 is 38.9 Å². The number of carbonyl (C=O) groups excluding carboxylic acids is 1. The molecule has 0 spiro atoms. The highest BCUT2D eigenvalue weighted by Gasteiger charge is 2.37. The number of hydrogen-bond donors (Lipinski definition) is 1. The molecule has 0 saturated heterocycles. The number of ether oxygens (including phenoxy) is 2. The highest BCUT2D eigenvalue weighted by Crippen LogP contribution is 2.37. The fraction of sp³-hybridized carbons (Fsp3) is 0.208. The van der Waals surface area contributed by atoms with Crippen LogP contribution in [-0.2, 0) is 14.8 Å². The van der Waals surface area contributed by atoms with Gasteiger partial charge in [-0.3, -0.25) is 9.10 Å². The molecule has 1 amide bonds. The van der Waals surface area contributed by atoms with Crippen LogP contribution in [0.15, 0.2) is 77.7 Å². The third kappa shape index (κ3) is 5.07. The lowest BCUT2D eigenvalue weighted by Crippen LogP contribution is -2.48. The molecule has 0 aliphatic carbocycles. The number of amides is 1. The molecule has 1 unspecified atom stereocenters. The molecule has 172 valence electrons. The quantitative estimate of drug-likeness (QED) is 0.544. The predicted octanol–water partition coefficient (Wildman–Crippen LogP) is 4.72. The zero-order valence-corrected chi connectivity index (χ0v) is 19.6. The Morgan fingerprint density at radius 2 is 1.73 bits per heavy atom. The van der Waals surface area contributed by atoms with Crippen molar-refractivity contribution in [2.75, 3.05) is 16.2 Å². The number of benzene rings is 3. The minimum Gasteiger partial charge on any atom is -0.491 e. The van der Waals surface area contributed by atoms with Crippen LogP contribution in [0.1, 0.15) is 13.8 Å². The number of para-hydroxylation sites is 2. The number of fused-ring (bicyclic) bond motifs is 1. The Bertz CT molecular complexity index is 1240. The topological polar surface area (TPSA) is 84.9 Å². The van der Waals surface area contributed by atoms with Crippen molar-refractivity contribution in [1.82, 2.24) is 0 Å². The van der Waals surface area contributed by atoms with Crippen molar-refractivity contribution in [2.24, 2.45) is 0 Å². The van der Waals surface area contributed by atoms with Gasteiger partial charge in [0.15, 0.2) is 6.10 Å². The summed E-state index contributed by atoms with van der Waals surface area (Å²) in [6, 6.07) is 19.6. The second-order valence-corrected chi connectivity index (χ2v) is 10.0. The van der Waals surface area contributed by atoms with Crippen LogP contribution in [0.5, 0.6) is 11.5 Å². The van der Waals surface area contributed by atoms with Crippen LogP contribution in [0, 0.1) is 0 Å². The van der Waals surface area contributed by atoms with Gasteiger partial charge < -0.3 is 14.8 Å². The van der Waals surface area contributed by atoms with Gasteiger partial charge in [-0.15, -0.1) is 0 Å². The standard InChI is InChI=1S/C24H23ClN2O5S/c1-16(2)31-19-11-9-18(10-12-19)26-24(28)23-15-27(21-5-3-4-6-22(21)32-23)33(29,30)20-13-7-17(25)8-14-20/h3-14,16,23H,15H2,1-2H3,(H,26,28). The van der Waals surface area contributed by atoms with Gasteiger partial charge in [-0.25, -0.2) is 8.42 Å². The molecular weight excluding hydrogens is 464 g/mol. The lowest BCUT2D eigenvalue weighted by molar-refractivity contribution is -0.122. The molecule has 4 rings (SSSR count). The van der Waals surface area contributed by atoms with E-state index in [9.17, 15) is 13.2 Å². The zero-order chi connectivity index (χ0) is 23.6. The fourth-order valence-electron chi connectivity index (χ4n) is 3.41. The summed E-state index contributed by atoms with van der Waals surface area (Å²) in [5.74, 6) is 0.534. The van der Waals surface area contributed by atoms with E-state index in [1.54, 1.807) is 48.5 Å². The first-order chi connectivity index (χ1) is 15.7. The number of sulfonamides is 1. The number of halogens is 1. The van der Waals surface area contributed by atoms with Gasteiger partial charge in [0.1, 0.15) is 11.5 Å². The van der Waals surface area contributed by atoms with Crippen molar-refractivity contribution in [1.29, 1.82) is 0 Å². The number of carbonyl (C=O) groups is 1. The Kier molecular flexibility index (Phi) is 6.49. The smallest absolute Gasteiger partial charge is 0.267 e. The maximum atomic E-state index is 13.4. The van der Waals surface area contributed by atoms with Crippen LogP contribution in [0.3, 0.4) is 0 Å². The fourth-order valence-corrected chi connectivity index (χ4v) is 5.01. The highest BCUT2D eigenvalue weighted by molar-refractivity contribution is 7.92. The van der Waals surface area contributed by atoms with Crippen LogP contribution in [0.4, 0.5) is 11.4 Å². The largest absolute Gasteiger partial charge is 0.491 e. The highest BCUT2D eigenvalue weighted by atomic mass is 35.5. The average molecular weight is 487 g/mol. The monoisotopic (exact) mass is 486 g/mol. The Balaban J connectivity index is 1.58. The summed E-state index contributed by atoms with van der Waals surface area (Å²) in [6.45, 7) is 3.68. The summed E-state index contributed by atoms with van der Waals surface area (Å²) in [7, 11) is -3.95. The first-order valence-electron chi connectivity index (χ1n) is 10.4. The molecule has 0 aromatic heterocycles. The number of hydrogen-bond acceptors (Lipinski definition) is 5. The van der Waals surface area contributed by atoms with E-state index < -0.39 is 22.0 Å². The second-order valence-electron chi connectivity index (χ2n) is 7.74. The van der Waals surface area contributed by atoms with E-state index >= 15 is 0 Å². The molecule has 1 aliphatic rings. The molecule has 1 aliphatic heterocycles. The lowest BCUT2D eigenvalue weighted by atomic mass is 10.2. The van der Waals surface area contributed by atoms with E-state index in [-0.39, 0.29) is 17.5 Å². The maximum Gasteiger partial charge on any atom is 0.267 e. The molecule has 1 N–H and O–H groups in total. The molecule has 0 saturated carbocycles. The summed E-state index contributed by atoms with van der Waals surface area (Å²) in [5.41, 5.74) is 0.914. The van der Waals surface area contributed by atoms with Gasteiger partial charge in [0, 0.05) is 10.7 Å². The number of nitrogens with one attached hydrogen (secondary N) is 1. The van der Waals surface area contributed by atoms with E-state index in [1.165, 1.54) is 28.6 Å². The molecule has 0 radical (unpaired) electrons. The van der Waals surface area contributed by atoms with Crippen LogP contribution in [0.2, 0.25) is 5.02 Å². The molecular formula is C24H23ClN2O5S. The Labute approximate surface area is 197 Å². The summed E-state index contributed by atoms with van der Waals surface area (Å²) < 4.78 is 39.5. The minimum atomic E-state index is -3.95. The van der Waals surface area contributed by atoms with E-state index in [4.69, 9.17) is 21.1 Å². The molecule has 7 nitrogen and oxygen atoms in total. The van der Waals surface area contributed by atoms with Crippen molar-refractivity contribution in [2.45, 2.75) is 31.0 Å². The van der Waals surface area contributed by atoms with Crippen molar-refractivity contribution in [3.63, 3.8) is 0 Å². The van der Waals surface area contributed by atoms with Crippen LogP contribution in [-0.4, -0.2) is 33.1 Å². The molecule has 3 aromatic rings. The van der Waals surface area contributed by atoms with Gasteiger partial charge in [-0.2, -0.15) is 0 Å². The van der Waals surface area contributed by atoms with Gasteiger partial charge in [0.05, 0.1) is 23.2 Å². The number of anilines is 2. The third-order valence-electron chi connectivity index (χ3n) is 4.92. The molecule has 9 heteroatoms. The van der Waals surface area contributed by atoms with Gasteiger partial charge in [0.25, 0.3) is 15.9 Å². The predicted molar refractivity (Wildman–Crippen MR) is 128 cm³/mol. The summed E-state index contributed by atoms with van der Waals surface area (Å²) >= 11 is 5.92. The minimum absolute atomic E-state index is 0.0368. The second kappa shape index (κ2) is 9.33. The van der Waals surface area contributed by atoms with E-state index in [1.807, 2.05) is 13.8 Å². The number of rotatable bonds is 6. The normalized spacial score (nSPS) is 15.5. The van der Waals surface area contributed by atoms with E-state index in [2.05, 4.69) is 5.32 Å². The van der Waals surface area contributed by atoms with Crippen LogP contribution >= 0.6 is 11.6 Å². The Morgan fingerprint density at radius 1 is 1.06 bits per heavy atom. The molecule has 0 bridgehead atoms. The van der Waals surface area contributed by atoms with Gasteiger partial charge in [-0.05, 0) is 74.5 Å². The van der Waals surface area contributed by atoms with Crippen LogP contribution in [0.25, 0.3) is 0 Å². The Hall–Kier alpha value is -3.23. The van der Waals surface area contributed by atoms with Crippen molar-refractivity contribution < 1.29 is 22.7 Å². The lowest BCUT2D eigenvalue weighted by Gasteiger charge is -2.34. The molecule has 1 atom stereocenters. The third-order valence-corrected chi connectivity index (χ3v) is 6.97. The summed E-state index contributed by atoms with van der Waals surface area (Å²) in [6.07, 6.45) is -1.01. The molecule has 0 fully saturated rings. The average Bonchev–Trinajstić information content (AvgIpc) is 2.79. The maximum absolute atomic E-state index is 13.4. The van der Waals surface area contributed by atoms with Gasteiger partial charge >= 0.3 is 0 Å². The van der Waals surface area contributed by atoms with Gasteiger partial charge in [-0.1, -0.05) is 23.7 Å². The first kappa shape index (κ1) is 22.9. The molecule has 3 aromatic carbocycles. The molecule has 33 heavy (non-hydrogen) atoms. The summed E-state index contributed by atoms with van der Waals surface area (Å²) in [4.78, 5) is 13.1. The van der Waals surface area contributed by atoms with Gasteiger partial charge in [0.2, 0.25) is 0 Å². The first-order valence-corrected chi connectivity index (χ1v) is 12.2. The van der Waals surface area contributed by atoms with Crippen LogP contribution < -0.4 is 19.1 Å². The summed E-state index contributed by atoms with van der Waals surface area (Å²) in [5, 5.41) is 3.21.